The summed E-state index contributed by atoms with van der Waals surface area (Å²) in [5.74, 6) is -1.02. The van der Waals surface area contributed by atoms with Crippen LogP contribution in [0.3, 0.4) is 0 Å². The Labute approximate surface area is 167 Å². The molecule has 2 aromatic carbocycles. The Bertz CT molecular complexity index is 988. The number of likely N-dealkylation sites (tertiary alicyclic amines) is 1. The fourth-order valence-electron chi connectivity index (χ4n) is 4.30. The summed E-state index contributed by atoms with van der Waals surface area (Å²) in [7, 11) is 0. The van der Waals surface area contributed by atoms with Gasteiger partial charge in [-0.05, 0) is 53.7 Å². The number of carboxylic acids is 1. The molecule has 152 valence electrons. The number of benzene rings is 2. The van der Waals surface area contributed by atoms with Crippen molar-refractivity contribution in [2.24, 2.45) is 5.92 Å². The summed E-state index contributed by atoms with van der Waals surface area (Å²) in [6, 6.07) is 11.2. The predicted molar refractivity (Wildman–Crippen MR) is 105 cm³/mol. The molecule has 1 N–H and O–H groups in total. The highest BCUT2D eigenvalue weighted by molar-refractivity contribution is 5.77. The van der Waals surface area contributed by atoms with Crippen LogP contribution in [0.15, 0.2) is 48.0 Å². The number of fused-ring (bicyclic) bond motifs is 1. The zero-order valence-corrected chi connectivity index (χ0v) is 16.1. The third-order valence-corrected chi connectivity index (χ3v) is 6.00. The highest BCUT2D eigenvalue weighted by Gasteiger charge is 2.34. The van der Waals surface area contributed by atoms with E-state index >= 15 is 0 Å². The average Bonchev–Trinajstić information content (AvgIpc) is 2.64. The number of halogens is 3. The van der Waals surface area contributed by atoms with Crippen LogP contribution in [-0.2, 0) is 17.4 Å². The van der Waals surface area contributed by atoms with Crippen molar-refractivity contribution in [2.75, 3.05) is 19.6 Å². The summed E-state index contributed by atoms with van der Waals surface area (Å²) in [5, 5.41) is 9.02. The van der Waals surface area contributed by atoms with E-state index in [4.69, 9.17) is 5.11 Å². The van der Waals surface area contributed by atoms with Crippen molar-refractivity contribution < 1.29 is 23.1 Å². The van der Waals surface area contributed by atoms with Crippen molar-refractivity contribution in [2.45, 2.75) is 25.9 Å². The smallest absolute Gasteiger partial charge is 0.417 e. The first-order valence-electron chi connectivity index (χ1n) is 9.67. The number of carbonyl (C=O) groups is 1. The first kappa shape index (κ1) is 19.7. The number of hydrogen-bond donors (Lipinski definition) is 1. The van der Waals surface area contributed by atoms with Gasteiger partial charge in [0.1, 0.15) is 0 Å². The molecule has 1 fully saturated rings. The van der Waals surface area contributed by atoms with Crippen LogP contribution in [0.4, 0.5) is 13.2 Å². The molecule has 1 aliphatic heterocycles. The van der Waals surface area contributed by atoms with Gasteiger partial charge in [0.2, 0.25) is 0 Å². The number of allylic oxidation sites excluding steroid dienone is 1. The van der Waals surface area contributed by atoms with Gasteiger partial charge in [-0.3, -0.25) is 9.69 Å². The first-order valence-corrected chi connectivity index (χ1v) is 9.67. The number of aryl methyl sites for hydroxylation is 1. The lowest BCUT2D eigenvalue weighted by Gasteiger charge is -2.38. The molecular formula is C23H22F3NO2. The average molecular weight is 401 g/mol. The number of nitrogens with zero attached hydrogens (tertiary/aromatic N) is 1. The minimum absolute atomic E-state index is 0.204. The van der Waals surface area contributed by atoms with E-state index in [2.05, 4.69) is 4.90 Å². The van der Waals surface area contributed by atoms with Gasteiger partial charge in [-0.25, -0.2) is 0 Å². The fraction of sp³-hybridized carbons (Fsp3) is 0.348. The maximum absolute atomic E-state index is 13.4. The highest BCUT2D eigenvalue weighted by atomic mass is 19.4. The number of rotatable bonds is 4. The minimum Gasteiger partial charge on any atom is -0.481 e. The van der Waals surface area contributed by atoms with E-state index in [9.17, 15) is 18.0 Å². The molecule has 0 spiro atoms. The van der Waals surface area contributed by atoms with E-state index in [0.717, 1.165) is 42.2 Å². The molecule has 2 aliphatic rings. The molecule has 0 saturated carbocycles. The van der Waals surface area contributed by atoms with Crippen LogP contribution in [0.1, 0.15) is 30.0 Å². The van der Waals surface area contributed by atoms with E-state index < -0.39 is 17.7 Å². The Kier molecular flexibility index (Phi) is 4.99. The molecule has 3 nitrogen and oxygen atoms in total. The largest absolute Gasteiger partial charge is 0.481 e. The van der Waals surface area contributed by atoms with Crippen molar-refractivity contribution in [1.29, 1.82) is 0 Å². The fourth-order valence-corrected chi connectivity index (χ4v) is 4.30. The minimum atomic E-state index is -4.39. The summed E-state index contributed by atoms with van der Waals surface area (Å²) in [6.07, 6.45) is -2.77. The van der Waals surface area contributed by atoms with Crippen LogP contribution in [-0.4, -0.2) is 35.6 Å². The monoisotopic (exact) mass is 401 g/mol. The van der Waals surface area contributed by atoms with Crippen LogP contribution in [0.5, 0.6) is 0 Å². The van der Waals surface area contributed by atoms with E-state index in [1.54, 1.807) is 12.1 Å². The standard InChI is InChI=1S/C23H22F3NO2/c1-14-17(11-27-12-18(13-27)22(28)29)7-6-15-10-16(8-9-19(14)15)20-4-2-3-5-21(20)23(24,25)26/h2-5,8-10,18H,6-7,11-13H2,1H3,(H,28,29). The topological polar surface area (TPSA) is 40.5 Å². The van der Waals surface area contributed by atoms with Crippen LogP contribution in [0.25, 0.3) is 16.7 Å². The van der Waals surface area contributed by atoms with Gasteiger partial charge in [-0.1, -0.05) is 42.0 Å². The lowest BCUT2D eigenvalue weighted by atomic mass is 9.83. The molecule has 0 aromatic heterocycles. The maximum atomic E-state index is 13.4. The Morgan fingerprint density at radius 1 is 1.10 bits per heavy atom. The third-order valence-electron chi connectivity index (χ3n) is 6.00. The van der Waals surface area contributed by atoms with E-state index in [1.807, 2.05) is 19.1 Å². The summed E-state index contributed by atoms with van der Waals surface area (Å²) in [5.41, 5.74) is 4.75. The quantitative estimate of drug-likeness (QED) is 0.774. The number of hydrogen-bond acceptors (Lipinski definition) is 2. The lowest BCUT2D eigenvalue weighted by Crippen LogP contribution is -2.50. The van der Waals surface area contributed by atoms with Crippen molar-refractivity contribution in [1.82, 2.24) is 4.90 Å². The molecule has 4 rings (SSSR count). The Morgan fingerprint density at radius 3 is 2.52 bits per heavy atom. The Hall–Kier alpha value is -2.60. The van der Waals surface area contributed by atoms with Gasteiger partial charge in [-0.2, -0.15) is 13.2 Å². The van der Waals surface area contributed by atoms with Crippen LogP contribution in [0.2, 0.25) is 0 Å². The van der Waals surface area contributed by atoms with E-state index in [1.165, 1.54) is 17.7 Å². The molecule has 0 atom stereocenters. The molecular weight excluding hydrogens is 379 g/mol. The molecule has 2 aromatic rings. The maximum Gasteiger partial charge on any atom is 0.417 e. The second kappa shape index (κ2) is 7.34. The molecule has 0 amide bonds. The molecule has 29 heavy (non-hydrogen) atoms. The lowest BCUT2D eigenvalue weighted by molar-refractivity contribution is -0.147. The van der Waals surface area contributed by atoms with Crippen LogP contribution >= 0.6 is 0 Å². The molecule has 0 unspecified atom stereocenters. The molecule has 1 aliphatic carbocycles. The predicted octanol–water partition coefficient (Wildman–Crippen LogP) is 5.11. The molecule has 1 saturated heterocycles. The van der Waals surface area contributed by atoms with Crippen LogP contribution < -0.4 is 0 Å². The Balaban J connectivity index is 1.59. The van der Waals surface area contributed by atoms with E-state index in [-0.39, 0.29) is 11.5 Å². The third kappa shape index (κ3) is 3.81. The van der Waals surface area contributed by atoms with E-state index in [0.29, 0.717) is 18.7 Å². The number of alkyl halides is 3. The van der Waals surface area contributed by atoms with Crippen molar-refractivity contribution >= 4 is 11.5 Å². The number of aliphatic carboxylic acids is 1. The zero-order valence-electron chi connectivity index (χ0n) is 16.1. The van der Waals surface area contributed by atoms with Crippen molar-refractivity contribution in [3.63, 3.8) is 0 Å². The molecule has 6 heteroatoms. The van der Waals surface area contributed by atoms with Gasteiger partial charge in [-0.15, -0.1) is 0 Å². The summed E-state index contributed by atoms with van der Waals surface area (Å²) >= 11 is 0. The van der Waals surface area contributed by atoms with Gasteiger partial charge in [0.05, 0.1) is 11.5 Å². The SMILES string of the molecule is CC1=C(CN2CC(C(=O)O)C2)CCc2cc(-c3ccccc3C(F)(F)F)ccc21. The first-order chi connectivity index (χ1) is 13.7. The van der Waals surface area contributed by atoms with Gasteiger partial charge < -0.3 is 5.11 Å². The summed E-state index contributed by atoms with van der Waals surface area (Å²) in [4.78, 5) is 13.1. The zero-order chi connectivity index (χ0) is 20.8. The van der Waals surface area contributed by atoms with Gasteiger partial charge in [0.25, 0.3) is 0 Å². The molecule has 0 bridgehead atoms. The highest BCUT2D eigenvalue weighted by Crippen LogP contribution is 2.39. The van der Waals surface area contributed by atoms with Crippen molar-refractivity contribution in [3.8, 4) is 11.1 Å². The second-order valence-corrected chi connectivity index (χ2v) is 7.87. The number of carboxylic acid groups (broad SMARTS) is 1. The normalized spacial score (nSPS) is 17.8. The van der Waals surface area contributed by atoms with Gasteiger partial charge in [0, 0.05) is 19.6 Å². The summed E-state index contributed by atoms with van der Waals surface area (Å²) < 4.78 is 40.1. The van der Waals surface area contributed by atoms with Gasteiger partial charge in [0.15, 0.2) is 0 Å². The van der Waals surface area contributed by atoms with Gasteiger partial charge >= 0.3 is 12.1 Å². The second-order valence-electron chi connectivity index (χ2n) is 7.87. The molecule has 0 radical (unpaired) electrons. The van der Waals surface area contributed by atoms with Crippen LogP contribution in [0, 0.1) is 5.92 Å². The van der Waals surface area contributed by atoms with Crippen molar-refractivity contribution in [3.05, 3.63) is 64.7 Å². The Morgan fingerprint density at radius 2 is 1.83 bits per heavy atom. The molecule has 1 heterocycles. The summed E-state index contributed by atoms with van der Waals surface area (Å²) in [6.45, 7) is 3.96.